The SMILES string of the molecule is Nc1ccc(OC2(Oc3ccc(N)c(O)c3)CC=c3ccccc3=C2c2cccc3ccccc23)cc1O. The van der Waals surface area contributed by atoms with Gasteiger partial charge in [-0.05, 0) is 51.0 Å². The topological polar surface area (TPSA) is 111 Å². The first-order valence-electron chi connectivity index (χ1n) is 12.3. The van der Waals surface area contributed by atoms with Crippen molar-refractivity contribution >= 4 is 33.8 Å². The molecule has 6 heteroatoms. The number of fused-ring (bicyclic) bond motifs is 2. The quantitative estimate of drug-likeness (QED) is 0.158. The number of benzene rings is 5. The van der Waals surface area contributed by atoms with Crippen LogP contribution in [0.4, 0.5) is 11.4 Å². The molecule has 0 unspecified atom stereocenters. The predicted octanol–water partition coefficient (Wildman–Crippen LogP) is 4.65. The van der Waals surface area contributed by atoms with Gasteiger partial charge in [-0.25, -0.2) is 0 Å². The summed E-state index contributed by atoms with van der Waals surface area (Å²) in [5, 5.41) is 24.8. The summed E-state index contributed by atoms with van der Waals surface area (Å²) in [6.07, 6.45) is 2.41. The van der Waals surface area contributed by atoms with Crippen LogP contribution in [0.2, 0.25) is 0 Å². The molecule has 6 nitrogen and oxygen atoms in total. The summed E-state index contributed by atoms with van der Waals surface area (Å²) >= 11 is 0. The Labute approximate surface area is 219 Å². The summed E-state index contributed by atoms with van der Waals surface area (Å²) in [5.74, 6) is -0.794. The fourth-order valence-electron chi connectivity index (χ4n) is 5.01. The van der Waals surface area contributed by atoms with Crippen LogP contribution in [0.15, 0.2) is 103 Å². The molecule has 6 rings (SSSR count). The summed E-state index contributed by atoms with van der Waals surface area (Å²) in [7, 11) is 0. The summed E-state index contributed by atoms with van der Waals surface area (Å²) in [5.41, 5.74) is 14.0. The highest BCUT2D eigenvalue weighted by atomic mass is 16.7. The molecule has 5 aromatic rings. The van der Waals surface area contributed by atoms with Crippen molar-refractivity contribution < 1.29 is 19.7 Å². The molecular weight excluding hydrogens is 476 g/mol. The van der Waals surface area contributed by atoms with E-state index in [2.05, 4.69) is 36.4 Å². The van der Waals surface area contributed by atoms with E-state index in [1.165, 1.54) is 12.1 Å². The molecule has 0 saturated carbocycles. The van der Waals surface area contributed by atoms with Crippen molar-refractivity contribution in [2.75, 3.05) is 11.5 Å². The molecule has 38 heavy (non-hydrogen) atoms. The first kappa shape index (κ1) is 23.3. The average Bonchev–Trinajstić information content (AvgIpc) is 2.93. The van der Waals surface area contributed by atoms with Crippen molar-refractivity contribution in [3.63, 3.8) is 0 Å². The number of aromatic hydroxyl groups is 2. The van der Waals surface area contributed by atoms with Gasteiger partial charge in [-0.1, -0.05) is 72.8 Å². The van der Waals surface area contributed by atoms with Crippen LogP contribution in [-0.2, 0) is 0 Å². The Morgan fingerprint density at radius 3 is 1.95 bits per heavy atom. The van der Waals surface area contributed by atoms with Gasteiger partial charge in [0.1, 0.15) is 23.0 Å². The van der Waals surface area contributed by atoms with Crippen molar-refractivity contribution in [3.05, 3.63) is 119 Å². The maximum atomic E-state index is 10.3. The molecule has 0 fully saturated rings. The Morgan fingerprint density at radius 1 is 0.658 bits per heavy atom. The number of nitrogens with two attached hydrogens (primary N) is 2. The molecule has 5 aromatic carbocycles. The Kier molecular flexibility index (Phi) is 5.57. The van der Waals surface area contributed by atoms with Crippen LogP contribution in [0.5, 0.6) is 23.0 Å². The maximum absolute atomic E-state index is 10.3. The highest BCUT2D eigenvalue weighted by Gasteiger charge is 2.42. The van der Waals surface area contributed by atoms with Gasteiger partial charge in [-0.3, -0.25) is 0 Å². The lowest BCUT2D eigenvalue weighted by Crippen LogP contribution is -2.51. The third kappa shape index (κ3) is 4.02. The molecule has 0 amide bonds. The molecular formula is C32H26N2O4. The molecule has 0 atom stereocenters. The lowest BCUT2D eigenvalue weighted by atomic mass is 9.85. The van der Waals surface area contributed by atoms with Crippen LogP contribution < -0.4 is 31.4 Å². The number of anilines is 2. The minimum absolute atomic E-state index is 0.0883. The van der Waals surface area contributed by atoms with Crippen LogP contribution in [0.3, 0.4) is 0 Å². The molecule has 1 aliphatic carbocycles. The summed E-state index contributed by atoms with van der Waals surface area (Å²) in [4.78, 5) is 0. The summed E-state index contributed by atoms with van der Waals surface area (Å²) in [6, 6.07) is 31.9. The van der Waals surface area contributed by atoms with E-state index in [0.29, 0.717) is 17.9 Å². The largest absolute Gasteiger partial charge is 0.506 e. The highest BCUT2D eigenvalue weighted by Crippen LogP contribution is 2.41. The molecule has 1 aliphatic rings. The second-order valence-electron chi connectivity index (χ2n) is 9.30. The Balaban J connectivity index is 1.66. The number of phenols is 2. The van der Waals surface area contributed by atoms with Crippen molar-refractivity contribution in [2.24, 2.45) is 0 Å². The van der Waals surface area contributed by atoms with E-state index < -0.39 is 5.79 Å². The van der Waals surface area contributed by atoms with Crippen LogP contribution in [0.1, 0.15) is 12.0 Å². The number of hydrogen-bond acceptors (Lipinski definition) is 6. The summed E-state index contributed by atoms with van der Waals surface area (Å²) < 4.78 is 13.4. The zero-order valence-electron chi connectivity index (χ0n) is 20.5. The van der Waals surface area contributed by atoms with E-state index in [-0.39, 0.29) is 22.9 Å². The van der Waals surface area contributed by atoms with Gasteiger partial charge in [-0.2, -0.15) is 0 Å². The van der Waals surface area contributed by atoms with Gasteiger partial charge in [-0.15, -0.1) is 0 Å². The van der Waals surface area contributed by atoms with E-state index in [4.69, 9.17) is 20.9 Å². The second-order valence-corrected chi connectivity index (χ2v) is 9.30. The monoisotopic (exact) mass is 502 g/mol. The van der Waals surface area contributed by atoms with Crippen molar-refractivity contribution in [1.29, 1.82) is 0 Å². The molecule has 0 radical (unpaired) electrons. The van der Waals surface area contributed by atoms with Crippen molar-refractivity contribution in [3.8, 4) is 23.0 Å². The molecule has 0 saturated heterocycles. The number of phenolic OH excluding ortho intramolecular Hbond substituents is 2. The van der Waals surface area contributed by atoms with Gasteiger partial charge in [0, 0.05) is 18.6 Å². The van der Waals surface area contributed by atoms with Crippen LogP contribution >= 0.6 is 0 Å². The van der Waals surface area contributed by atoms with Crippen molar-refractivity contribution in [2.45, 2.75) is 12.2 Å². The molecule has 0 spiro atoms. The summed E-state index contributed by atoms with van der Waals surface area (Å²) in [6.45, 7) is 0. The van der Waals surface area contributed by atoms with Gasteiger partial charge >= 0.3 is 0 Å². The minimum Gasteiger partial charge on any atom is -0.506 e. The zero-order chi connectivity index (χ0) is 26.3. The smallest absolute Gasteiger partial charge is 0.282 e. The van der Waals surface area contributed by atoms with Gasteiger partial charge in [0.15, 0.2) is 0 Å². The molecule has 188 valence electrons. The minimum atomic E-state index is -1.37. The predicted molar refractivity (Wildman–Crippen MR) is 150 cm³/mol. The molecule has 0 heterocycles. The van der Waals surface area contributed by atoms with Gasteiger partial charge in [0.2, 0.25) is 0 Å². The van der Waals surface area contributed by atoms with Gasteiger partial charge < -0.3 is 31.2 Å². The molecule has 6 N–H and O–H groups in total. The third-order valence-corrected chi connectivity index (χ3v) is 6.83. The molecule has 0 bridgehead atoms. The van der Waals surface area contributed by atoms with E-state index in [1.54, 1.807) is 24.3 Å². The third-order valence-electron chi connectivity index (χ3n) is 6.83. The van der Waals surface area contributed by atoms with E-state index in [1.807, 2.05) is 36.4 Å². The van der Waals surface area contributed by atoms with Crippen LogP contribution in [-0.4, -0.2) is 16.0 Å². The molecule has 0 aliphatic heterocycles. The first-order chi connectivity index (χ1) is 18.4. The Morgan fingerprint density at radius 2 is 1.26 bits per heavy atom. The van der Waals surface area contributed by atoms with Gasteiger partial charge in [0.25, 0.3) is 5.79 Å². The van der Waals surface area contributed by atoms with E-state index >= 15 is 0 Å². The number of ether oxygens (including phenoxy) is 2. The highest BCUT2D eigenvalue weighted by molar-refractivity contribution is 5.95. The van der Waals surface area contributed by atoms with Crippen LogP contribution in [0, 0.1) is 0 Å². The molecule has 0 aromatic heterocycles. The van der Waals surface area contributed by atoms with E-state index in [0.717, 1.165) is 32.3 Å². The zero-order valence-corrected chi connectivity index (χ0v) is 20.5. The van der Waals surface area contributed by atoms with Crippen molar-refractivity contribution in [1.82, 2.24) is 0 Å². The van der Waals surface area contributed by atoms with E-state index in [9.17, 15) is 10.2 Å². The first-order valence-corrected chi connectivity index (χ1v) is 12.3. The fourth-order valence-corrected chi connectivity index (χ4v) is 5.01. The van der Waals surface area contributed by atoms with Gasteiger partial charge in [0.05, 0.1) is 16.9 Å². The number of nitrogen functional groups attached to an aromatic ring is 2. The lowest BCUT2D eigenvalue weighted by Gasteiger charge is -2.38. The maximum Gasteiger partial charge on any atom is 0.282 e. The second kappa shape index (κ2) is 9.09. The standard InChI is InChI=1S/C32H26N2O4/c33-27-14-12-22(18-29(27)35)37-32(38-23-13-15-28(34)30(36)19-23)17-16-21-7-2-4-10-25(21)31(32)26-11-5-8-20-6-1-3-9-24(20)26/h1-16,18-19,35-36H,17,33-34H2. The number of rotatable bonds is 5. The normalized spacial score (nSPS) is 13.9. The Hall–Kier alpha value is -5.10. The fraction of sp³-hybridized carbons (Fsp3) is 0.0625. The Bertz CT molecular complexity index is 1750. The number of hydrogen-bond donors (Lipinski definition) is 4. The lowest BCUT2D eigenvalue weighted by molar-refractivity contribution is -0.0568. The average molecular weight is 503 g/mol. The van der Waals surface area contributed by atoms with Crippen LogP contribution in [0.25, 0.3) is 22.4 Å².